The van der Waals surface area contributed by atoms with Crippen LogP contribution in [0.4, 0.5) is 13.2 Å². The molecule has 0 saturated heterocycles. The SMILES string of the molecule is CCC1(c2ccc(OC(F)(F)F)cc2)C=C(C(=O)Oc2ccccc2)C=N1. The summed E-state index contributed by atoms with van der Waals surface area (Å²) < 4.78 is 46.1. The fourth-order valence-corrected chi connectivity index (χ4v) is 2.78. The third-order valence-electron chi connectivity index (χ3n) is 4.14. The number of aliphatic imine (C=N–C) groups is 1. The van der Waals surface area contributed by atoms with Crippen molar-refractivity contribution in [2.24, 2.45) is 4.99 Å². The topological polar surface area (TPSA) is 47.9 Å². The Hall–Kier alpha value is -3.09. The number of hydrogen-bond acceptors (Lipinski definition) is 4. The monoisotopic (exact) mass is 375 g/mol. The number of ether oxygens (including phenoxy) is 2. The van der Waals surface area contributed by atoms with Gasteiger partial charge in [-0.25, -0.2) is 4.79 Å². The number of rotatable bonds is 5. The van der Waals surface area contributed by atoms with Gasteiger partial charge in [0.25, 0.3) is 0 Å². The molecule has 4 nitrogen and oxygen atoms in total. The Bertz CT molecular complexity index is 874. The lowest BCUT2D eigenvalue weighted by Gasteiger charge is -2.23. The number of carbonyl (C=O) groups excluding carboxylic acids is 1. The molecule has 7 heteroatoms. The number of para-hydroxylation sites is 1. The molecular formula is C20H16F3NO3. The van der Waals surface area contributed by atoms with Gasteiger partial charge in [-0.1, -0.05) is 37.3 Å². The molecule has 2 aromatic carbocycles. The van der Waals surface area contributed by atoms with Crippen LogP contribution >= 0.6 is 0 Å². The molecule has 3 rings (SSSR count). The summed E-state index contributed by atoms with van der Waals surface area (Å²) in [5, 5.41) is 0. The minimum Gasteiger partial charge on any atom is -0.423 e. The van der Waals surface area contributed by atoms with E-state index in [1.165, 1.54) is 30.5 Å². The van der Waals surface area contributed by atoms with Gasteiger partial charge in [0.05, 0.1) is 5.57 Å². The fourth-order valence-electron chi connectivity index (χ4n) is 2.78. The zero-order chi connectivity index (χ0) is 19.5. The summed E-state index contributed by atoms with van der Waals surface area (Å²) in [6, 6.07) is 14.1. The van der Waals surface area contributed by atoms with Gasteiger partial charge >= 0.3 is 12.3 Å². The lowest BCUT2D eigenvalue weighted by Crippen LogP contribution is -2.19. The average molecular weight is 375 g/mol. The van der Waals surface area contributed by atoms with Gasteiger partial charge in [0.15, 0.2) is 0 Å². The van der Waals surface area contributed by atoms with Crippen LogP contribution < -0.4 is 9.47 Å². The molecule has 2 aromatic rings. The van der Waals surface area contributed by atoms with Crippen molar-refractivity contribution in [2.45, 2.75) is 25.2 Å². The zero-order valence-electron chi connectivity index (χ0n) is 14.4. The second-order valence-corrected chi connectivity index (χ2v) is 5.91. The van der Waals surface area contributed by atoms with Crippen molar-refractivity contribution in [3.05, 3.63) is 71.8 Å². The van der Waals surface area contributed by atoms with Gasteiger partial charge in [0.2, 0.25) is 0 Å². The standard InChI is InChI=1S/C20H16F3NO3/c1-2-19(15-8-10-17(11-9-15)27-20(21,22)23)12-14(13-24-19)18(25)26-16-6-4-3-5-7-16/h3-13H,2H2,1H3. The normalized spacial score (nSPS) is 18.9. The van der Waals surface area contributed by atoms with Gasteiger partial charge in [-0.2, -0.15) is 0 Å². The highest BCUT2D eigenvalue weighted by Gasteiger charge is 2.34. The molecule has 0 spiro atoms. The predicted octanol–water partition coefficient (Wildman–Crippen LogP) is 4.81. The van der Waals surface area contributed by atoms with Crippen LogP contribution in [0.5, 0.6) is 11.5 Å². The van der Waals surface area contributed by atoms with Crippen LogP contribution in [-0.4, -0.2) is 18.5 Å². The Kier molecular flexibility index (Phi) is 5.03. The lowest BCUT2D eigenvalue weighted by atomic mass is 9.88. The molecule has 1 heterocycles. The zero-order valence-corrected chi connectivity index (χ0v) is 14.4. The van der Waals surface area contributed by atoms with Crippen LogP contribution in [0.2, 0.25) is 0 Å². The smallest absolute Gasteiger partial charge is 0.423 e. The summed E-state index contributed by atoms with van der Waals surface area (Å²) in [7, 11) is 0. The highest BCUT2D eigenvalue weighted by atomic mass is 19.4. The predicted molar refractivity (Wildman–Crippen MR) is 93.7 cm³/mol. The molecule has 0 radical (unpaired) electrons. The summed E-state index contributed by atoms with van der Waals surface area (Å²) in [5.74, 6) is -0.441. The van der Waals surface area contributed by atoms with E-state index >= 15 is 0 Å². The molecule has 0 amide bonds. The largest absolute Gasteiger partial charge is 0.573 e. The van der Waals surface area contributed by atoms with Gasteiger partial charge in [0, 0.05) is 6.21 Å². The Morgan fingerprint density at radius 1 is 1.04 bits per heavy atom. The van der Waals surface area contributed by atoms with E-state index in [2.05, 4.69) is 9.73 Å². The molecule has 0 aromatic heterocycles. The van der Waals surface area contributed by atoms with E-state index in [0.717, 1.165) is 0 Å². The minimum absolute atomic E-state index is 0.288. The maximum absolute atomic E-state index is 12.3. The van der Waals surface area contributed by atoms with Gasteiger partial charge in [-0.15, -0.1) is 13.2 Å². The van der Waals surface area contributed by atoms with Gasteiger partial charge in [-0.3, -0.25) is 4.99 Å². The number of halogens is 3. The molecule has 140 valence electrons. The molecule has 1 aliphatic heterocycles. The lowest BCUT2D eigenvalue weighted by molar-refractivity contribution is -0.274. The van der Waals surface area contributed by atoms with E-state index in [0.29, 0.717) is 17.7 Å². The highest BCUT2D eigenvalue weighted by Crippen LogP contribution is 2.37. The molecule has 1 aliphatic rings. The summed E-state index contributed by atoms with van der Waals surface area (Å²) >= 11 is 0. The Morgan fingerprint density at radius 2 is 1.70 bits per heavy atom. The average Bonchev–Trinajstić information content (AvgIpc) is 3.08. The second-order valence-electron chi connectivity index (χ2n) is 5.91. The maximum Gasteiger partial charge on any atom is 0.573 e. The quantitative estimate of drug-likeness (QED) is 0.557. The molecule has 1 unspecified atom stereocenters. The number of carbonyl (C=O) groups is 1. The maximum atomic E-state index is 12.3. The molecule has 1 atom stereocenters. The van der Waals surface area contributed by atoms with Crippen molar-refractivity contribution in [3.63, 3.8) is 0 Å². The number of alkyl halides is 3. The summed E-state index contributed by atoms with van der Waals surface area (Å²) in [6.07, 6.45) is -1.14. The van der Waals surface area contributed by atoms with Gasteiger partial charge in [0.1, 0.15) is 17.0 Å². The van der Waals surface area contributed by atoms with E-state index < -0.39 is 17.9 Å². The van der Waals surface area contributed by atoms with E-state index in [9.17, 15) is 18.0 Å². The van der Waals surface area contributed by atoms with E-state index in [4.69, 9.17) is 4.74 Å². The van der Waals surface area contributed by atoms with Gasteiger partial charge in [-0.05, 0) is 42.3 Å². The minimum atomic E-state index is -4.75. The fraction of sp³-hybridized carbons (Fsp3) is 0.200. The van der Waals surface area contributed by atoms with E-state index in [1.54, 1.807) is 30.3 Å². The highest BCUT2D eigenvalue weighted by molar-refractivity contribution is 6.11. The first-order valence-corrected chi connectivity index (χ1v) is 8.23. The summed E-state index contributed by atoms with van der Waals surface area (Å²) in [4.78, 5) is 16.8. The number of benzene rings is 2. The Labute approximate surface area is 153 Å². The molecule has 0 bridgehead atoms. The van der Waals surface area contributed by atoms with Crippen LogP contribution in [0.15, 0.2) is 71.2 Å². The van der Waals surface area contributed by atoms with Crippen LogP contribution in [-0.2, 0) is 10.3 Å². The Morgan fingerprint density at radius 3 is 2.30 bits per heavy atom. The molecule has 27 heavy (non-hydrogen) atoms. The number of hydrogen-bond donors (Lipinski definition) is 0. The Balaban J connectivity index is 1.80. The van der Waals surface area contributed by atoms with Crippen LogP contribution in [0.25, 0.3) is 0 Å². The molecule has 0 N–H and O–H groups in total. The van der Waals surface area contributed by atoms with Crippen LogP contribution in [0.3, 0.4) is 0 Å². The van der Waals surface area contributed by atoms with Crippen molar-refractivity contribution in [1.82, 2.24) is 0 Å². The third kappa shape index (κ3) is 4.36. The van der Waals surface area contributed by atoms with E-state index in [-0.39, 0.29) is 11.3 Å². The van der Waals surface area contributed by atoms with E-state index in [1.807, 2.05) is 13.0 Å². The first kappa shape index (κ1) is 18.7. The number of esters is 1. The van der Waals surface area contributed by atoms with Crippen LogP contribution in [0, 0.1) is 0 Å². The van der Waals surface area contributed by atoms with Crippen molar-refractivity contribution >= 4 is 12.2 Å². The van der Waals surface area contributed by atoms with Crippen molar-refractivity contribution in [1.29, 1.82) is 0 Å². The molecular weight excluding hydrogens is 359 g/mol. The first-order valence-electron chi connectivity index (χ1n) is 8.23. The second kappa shape index (κ2) is 7.26. The third-order valence-corrected chi connectivity index (χ3v) is 4.14. The number of nitrogens with zero attached hydrogens (tertiary/aromatic N) is 1. The van der Waals surface area contributed by atoms with Crippen molar-refractivity contribution in [2.75, 3.05) is 0 Å². The first-order chi connectivity index (χ1) is 12.8. The van der Waals surface area contributed by atoms with Crippen molar-refractivity contribution in [3.8, 4) is 11.5 Å². The van der Waals surface area contributed by atoms with Gasteiger partial charge < -0.3 is 9.47 Å². The summed E-state index contributed by atoms with van der Waals surface area (Å²) in [6.45, 7) is 1.87. The van der Waals surface area contributed by atoms with Crippen molar-refractivity contribution < 1.29 is 27.4 Å². The molecule has 0 saturated carbocycles. The summed E-state index contributed by atoms with van der Waals surface area (Å²) in [5.41, 5.74) is 0.108. The molecule has 0 fully saturated rings. The molecule has 0 aliphatic carbocycles. The van der Waals surface area contributed by atoms with Crippen LogP contribution in [0.1, 0.15) is 18.9 Å².